The van der Waals surface area contributed by atoms with Crippen molar-refractivity contribution in [3.8, 4) is 0 Å². The van der Waals surface area contributed by atoms with E-state index in [1.807, 2.05) is 0 Å². The van der Waals surface area contributed by atoms with Gasteiger partial charge in [-0.1, -0.05) is 18.2 Å². The summed E-state index contributed by atoms with van der Waals surface area (Å²) in [4.78, 5) is 41.1. The number of methoxy groups -OCH3 is 3. The summed E-state index contributed by atoms with van der Waals surface area (Å²) in [5, 5.41) is 9.76. The Hall–Kier alpha value is -3.49. The maximum absolute atomic E-state index is 13.0. The van der Waals surface area contributed by atoms with E-state index in [1.165, 1.54) is 0 Å². The third-order valence-electron chi connectivity index (χ3n) is 8.27. The first-order chi connectivity index (χ1) is 28.5. The Balaban J connectivity index is 0.0000120. The van der Waals surface area contributed by atoms with Crippen molar-refractivity contribution in [1.29, 1.82) is 0 Å². The molecule has 0 radical (unpaired) electrons. The van der Waals surface area contributed by atoms with Crippen LogP contribution in [0.1, 0.15) is 0 Å². The van der Waals surface area contributed by atoms with E-state index in [-0.39, 0.29) is 94.4 Å². The summed E-state index contributed by atoms with van der Waals surface area (Å²) in [6.07, 6.45) is 20.5. The molecule has 0 aliphatic heterocycles. The zero-order valence-corrected chi connectivity index (χ0v) is 36.6. The molecule has 0 bridgehead atoms. The van der Waals surface area contributed by atoms with Crippen molar-refractivity contribution in [3.63, 3.8) is 0 Å². The molecule has 0 aromatic carbocycles. The van der Waals surface area contributed by atoms with E-state index in [0.717, 1.165) is 0 Å². The van der Waals surface area contributed by atoms with Crippen LogP contribution in [-0.4, -0.2) is 162 Å². The number of ether oxygens (including phenoxy) is 9. The number of hydrogen-bond donors (Lipinski definition) is 3. The average molecular weight is 970 g/mol. The fourth-order valence-electron chi connectivity index (χ4n) is 5.19. The van der Waals surface area contributed by atoms with E-state index in [1.54, 1.807) is 94.6 Å². The molecule has 0 amide bonds. The van der Waals surface area contributed by atoms with Gasteiger partial charge in [0.2, 0.25) is 17.3 Å². The zero-order valence-electron chi connectivity index (χ0n) is 34.4. The van der Waals surface area contributed by atoms with Gasteiger partial charge >= 0.3 is 0 Å². The quantitative estimate of drug-likeness (QED) is 0.0642. The Bertz CT molecular complexity index is 1390. The molecule has 0 unspecified atom stereocenters. The van der Waals surface area contributed by atoms with Gasteiger partial charge in [-0.05, 0) is 36.5 Å². The molecular weight excluding hydrogens is 910 g/mol. The van der Waals surface area contributed by atoms with Gasteiger partial charge in [-0.15, -0.1) is 0 Å². The van der Waals surface area contributed by atoms with Crippen molar-refractivity contribution in [1.82, 2.24) is 20.9 Å². The minimum Gasteiger partial charge on any atom is -0.487 e. The van der Waals surface area contributed by atoms with Crippen molar-refractivity contribution >= 4 is 17.3 Å². The molecular formula is C42H60GdN4O12. The van der Waals surface area contributed by atoms with Crippen LogP contribution >= 0.6 is 0 Å². The van der Waals surface area contributed by atoms with E-state index in [0.29, 0.717) is 115 Å². The SMILES string of the molecule is COCCOCCOC1=CC=C/C(=C/NCCN(CCN/C=C2/C=CC=C(OCCOCCOC)C2=O)CCN/C=C2/C=CC=C(OCCOCCOC)C2=O)C1=O.[Gd]. The number of carbonyl (C=O) groups is 3. The van der Waals surface area contributed by atoms with E-state index in [9.17, 15) is 14.4 Å². The van der Waals surface area contributed by atoms with Crippen molar-refractivity contribution in [2.45, 2.75) is 0 Å². The third kappa shape index (κ3) is 21.6. The average Bonchev–Trinajstić information content (AvgIpc) is 3.23. The molecule has 0 aromatic heterocycles. The topological polar surface area (TPSA) is 174 Å². The fraction of sp³-hybridized carbons (Fsp3) is 0.500. The van der Waals surface area contributed by atoms with Crippen LogP contribution in [0.3, 0.4) is 0 Å². The first kappa shape index (κ1) is 51.7. The Morgan fingerprint density at radius 2 is 0.746 bits per heavy atom. The summed E-state index contributed by atoms with van der Waals surface area (Å²) in [5.41, 5.74) is 1.44. The maximum Gasteiger partial charge on any atom is 0.228 e. The molecule has 3 N–H and O–H groups in total. The smallest absolute Gasteiger partial charge is 0.228 e. The van der Waals surface area contributed by atoms with Gasteiger partial charge in [0.05, 0.1) is 59.5 Å². The molecule has 17 heteroatoms. The van der Waals surface area contributed by atoms with Crippen molar-refractivity contribution in [2.24, 2.45) is 0 Å². The molecule has 3 rings (SSSR count). The van der Waals surface area contributed by atoms with Crippen LogP contribution in [0, 0.1) is 39.9 Å². The van der Waals surface area contributed by atoms with E-state index in [4.69, 9.17) is 42.6 Å². The zero-order chi connectivity index (χ0) is 41.5. The largest absolute Gasteiger partial charge is 0.487 e. The van der Waals surface area contributed by atoms with Gasteiger partial charge in [-0.25, -0.2) is 0 Å². The van der Waals surface area contributed by atoms with Crippen LogP contribution in [0.4, 0.5) is 0 Å². The number of nitrogens with one attached hydrogen (secondary N) is 3. The molecule has 328 valence electrons. The first-order valence-electron chi connectivity index (χ1n) is 19.4. The molecule has 3 aliphatic rings. The second-order valence-corrected chi connectivity index (χ2v) is 12.5. The number of allylic oxidation sites excluding steroid dienone is 12. The summed E-state index contributed by atoms with van der Waals surface area (Å²) in [6.45, 7) is 8.17. The van der Waals surface area contributed by atoms with E-state index in [2.05, 4.69) is 20.9 Å². The Morgan fingerprint density at radius 1 is 0.458 bits per heavy atom. The summed E-state index contributed by atoms with van der Waals surface area (Å²) in [5.74, 6) is 0.128. The molecule has 0 aromatic rings. The molecule has 0 atom stereocenters. The number of hydrogen-bond acceptors (Lipinski definition) is 16. The van der Waals surface area contributed by atoms with Gasteiger partial charge in [0, 0.05) is 136 Å². The molecule has 16 nitrogen and oxygen atoms in total. The van der Waals surface area contributed by atoms with Crippen LogP contribution in [0.15, 0.2) is 107 Å². The normalized spacial score (nSPS) is 17.0. The minimum atomic E-state index is -0.214. The maximum atomic E-state index is 13.0. The summed E-state index contributed by atoms with van der Waals surface area (Å²) in [6, 6.07) is 0. The molecule has 59 heavy (non-hydrogen) atoms. The second kappa shape index (κ2) is 33.3. The summed E-state index contributed by atoms with van der Waals surface area (Å²) >= 11 is 0. The van der Waals surface area contributed by atoms with Gasteiger partial charge in [0.15, 0.2) is 17.3 Å². The number of Topliss-reactive ketones (excluding diaryl/α,β-unsaturated/α-hetero) is 3. The van der Waals surface area contributed by atoms with Crippen molar-refractivity contribution in [2.75, 3.05) is 140 Å². The van der Waals surface area contributed by atoms with Crippen LogP contribution in [0.5, 0.6) is 0 Å². The molecule has 0 saturated heterocycles. The monoisotopic (exact) mass is 970 g/mol. The number of nitrogens with zero attached hydrogens (tertiary/aromatic N) is 1. The standard InChI is InChI=1S/C42H60N4O12.Gd/c1-50-19-22-53-25-28-56-37-10-4-7-34(40(37)47)31-43-13-16-46(17-14-44-32-35-8-5-11-38(41(35)48)57-29-26-54-23-20-51-2)18-15-45-33-36-9-6-12-39(42(36)49)58-30-27-55-24-21-52-3;/h4-12,31-33,43-45H,13-30H2,1-3H3;/b34-31-,35-32-,36-33-;. The first-order valence-corrected chi connectivity index (χ1v) is 19.4. The molecule has 0 saturated carbocycles. The van der Waals surface area contributed by atoms with Crippen LogP contribution in [0.25, 0.3) is 0 Å². The van der Waals surface area contributed by atoms with Crippen LogP contribution < -0.4 is 16.0 Å². The van der Waals surface area contributed by atoms with Crippen molar-refractivity contribution in [3.05, 3.63) is 107 Å². The van der Waals surface area contributed by atoms with Gasteiger partial charge in [-0.2, -0.15) is 0 Å². The number of ketones is 3. The molecule has 0 heterocycles. The predicted octanol–water partition coefficient (Wildman–Crippen LogP) is 1.82. The third-order valence-corrected chi connectivity index (χ3v) is 8.27. The summed E-state index contributed by atoms with van der Waals surface area (Å²) < 4.78 is 48.1. The molecule has 3 aliphatic carbocycles. The van der Waals surface area contributed by atoms with E-state index >= 15 is 0 Å². The van der Waals surface area contributed by atoms with Gasteiger partial charge in [0.1, 0.15) is 19.8 Å². The molecule has 0 spiro atoms. The summed E-state index contributed by atoms with van der Waals surface area (Å²) in [7, 11) is 4.82. The Morgan fingerprint density at radius 3 is 1.03 bits per heavy atom. The molecule has 0 fully saturated rings. The Labute approximate surface area is 380 Å². The van der Waals surface area contributed by atoms with E-state index < -0.39 is 0 Å². The van der Waals surface area contributed by atoms with Crippen molar-refractivity contribution < 1.29 is 97.0 Å². The van der Waals surface area contributed by atoms with Crippen LogP contribution in [0.2, 0.25) is 0 Å². The number of carbonyl (C=O) groups excluding carboxylic acids is 3. The van der Waals surface area contributed by atoms with Gasteiger partial charge in [-0.3, -0.25) is 19.3 Å². The fourth-order valence-corrected chi connectivity index (χ4v) is 5.19. The van der Waals surface area contributed by atoms with Crippen LogP contribution in [-0.2, 0) is 57.0 Å². The predicted molar refractivity (Wildman–Crippen MR) is 217 cm³/mol. The number of rotatable bonds is 33. The second-order valence-electron chi connectivity index (χ2n) is 12.5. The minimum absolute atomic E-state index is 0. The van der Waals surface area contributed by atoms with Gasteiger partial charge < -0.3 is 58.6 Å². The Kier molecular flexibility index (Phi) is 29.1. The van der Waals surface area contributed by atoms with Gasteiger partial charge in [0.25, 0.3) is 0 Å².